The Morgan fingerprint density at radius 1 is 1.03 bits per heavy atom. The Labute approximate surface area is 394 Å². The summed E-state index contributed by atoms with van der Waals surface area (Å²) < 4.78 is 38.3. The number of nitrogens with one attached hydrogen (secondary N) is 2. The van der Waals surface area contributed by atoms with Gasteiger partial charge in [-0.05, 0) is 94.5 Å². The van der Waals surface area contributed by atoms with Crippen molar-refractivity contribution in [2.45, 2.75) is 119 Å². The smallest absolute Gasteiger partial charge is 0.353 e. The van der Waals surface area contributed by atoms with Gasteiger partial charge in [0.1, 0.15) is 23.1 Å². The third-order valence-electron chi connectivity index (χ3n) is 16.9. The lowest BCUT2D eigenvalue weighted by Gasteiger charge is -2.63. The van der Waals surface area contributed by atoms with Crippen LogP contribution in [0.3, 0.4) is 0 Å². The van der Waals surface area contributed by atoms with E-state index in [4.69, 9.17) is 18.5 Å². The minimum absolute atomic E-state index is 0.0105. The first-order valence-electron chi connectivity index (χ1n) is 24.3. The maximum atomic E-state index is 15.5. The number of fused-ring (bicyclic) bond motifs is 6. The lowest BCUT2D eigenvalue weighted by Crippen LogP contribution is -2.82. The number of H-pyrrole nitrogens is 1. The van der Waals surface area contributed by atoms with Gasteiger partial charge >= 0.3 is 13.6 Å². The standard InChI is InChI=1S/C51H70N5O10P/c1-9-17-40(67(62,65-12-4)66-13-5)53-45(58)51(61)43-49(22-25-56-23-16-21-48(11-3,42(49)56)44(51)57)35-26-36(39(63-7)27-38(35)54(43)6)50(46(59)64-8)29-32-28-47(60,10-2)31-55(30-32)24-20-34-33-18-14-15-19-37(33)52-41(34)50/h9,14-16,18-19,21,26-27,32,40,42-44,52,57,60-61H,1,10-13,17,20,22-25,28-31H2,2-8H3,(H,53,58)/t32-,40+,42?,43+,44+,47-,48+,49?,50-,51-/m0/s1. The number of piperidine rings is 1. The van der Waals surface area contributed by atoms with E-state index < -0.39 is 64.8 Å². The van der Waals surface area contributed by atoms with E-state index in [1.807, 2.05) is 62.2 Å². The molecule has 15 nitrogen and oxygen atoms in total. The molecule has 2 aromatic carbocycles. The van der Waals surface area contributed by atoms with E-state index in [1.165, 1.54) is 13.2 Å². The first kappa shape index (κ1) is 48.0. The van der Waals surface area contributed by atoms with Crippen LogP contribution >= 0.6 is 7.60 Å². The fraction of sp³-hybridized carbons (Fsp3) is 0.608. The predicted octanol–water partition coefficient (Wildman–Crippen LogP) is 5.53. The number of esters is 1. The molecular weight excluding hydrogens is 874 g/mol. The topological polar surface area (TPSA) is 186 Å². The van der Waals surface area contributed by atoms with E-state index in [9.17, 15) is 19.9 Å². The Kier molecular flexibility index (Phi) is 12.5. The monoisotopic (exact) mass is 943 g/mol. The molecule has 11 atom stereocenters. The van der Waals surface area contributed by atoms with Crippen molar-refractivity contribution in [3.8, 4) is 5.75 Å². The Balaban J connectivity index is 1.31. The van der Waals surface area contributed by atoms with Crippen molar-refractivity contribution in [2.75, 3.05) is 72.1 Å². The predicted molar refractivity (Wildman–Crippen MR) is 256 cm³/mol. The van der Waals surface area contributed by atoms with Crippen LogP contribution in [0.5, 0.6) is 5.75 Å². The van der Waals surface area contributed by atoms with Gasteiger partial charge in [-0.3, -0.25) is 24.0 Å². The van der Waals surface area contributed by atoms with E-state index in [0.717, 1.165) is 27.7 Å². The average Bonchev–Trinajstić information content (AvgIpc) is 3.98. The molecule has 5 aliphatic heterocycles. The molecule has 3 fully saturated rings. The van der Waals surface area contributed by atoms with E-state index in [1.54, 1.807) is 21.0 Å². The van der Waals surface area contributed by atoms with Gasteiger partial charge < -0.3 is 49.0 Å². The molecule has 1 saturated carbocycles. The van der Waals surface area contributed by atoms with Gasteiger partial charge in [0.05, 0.1) is 39.1 Å². The number of anilines is 1. The number of ether oxygens (including phenoxy) is 2. The van der Waals surface area contributed by atoms with Crippen LogP contribution < -0.4 is 15.0 Å². The SMILES string of the molecule is C=CC[C@H](NC(=O)[C@]1(O)[C@@H]2N(C)c3cc(OC)c([C@@]4(C(=O)OC)C[C@H]5CN(CCc6c4[nH]c4ccccc64)C[C@](O)(CC)C5)cc3C23CCN2CC=C[C@](CC)(C23)[C@H]1O)P(=O)(OCC)OCC. The molecular formula is C51H70N5O10P. The molecule has 3 aromatic rings. The van der Waals surface area contributed by atoms with E-state index in [2.05, 4.69) is 38.8 Å². The zero-order valence-electron chi connectivity index (χ0n) is 40.2. The van der Waals surface area contributed by atoms with Crippen molar-refractivity contribution >= 4 is 36.1 Å². The third kappa shape index (κ3) is 6.80. The number of aromatic nitrogens is 1. The van der Waals surface area contributed by atoms with E-state index in [-0.39, 0.29) is 31.6 Å². The average molecular weight is 944 g/mol. The summed E-state index contributed by atoms with van der Waals surface area (Å²) >= 11 is 0. The zero-order chi connectivity index (χ0) is 47.9. The molecule has 6 aliphatic rings. The van der Waals surface area contributed by atoms with E-state index in [0.29, 0.717) is 88.2 Å². The normalized spacial score (nSPS) is 34.8. The number of carbonyl (C=O) groups is 2. The molecule has 364 valence electrons. The molecule has 9 rings (SSSR count). The number of hydrogen-bond acceptors (Lipinski definition) is 13. The van der Waals surface area contributed by atoms with Crippen LogP contribution in [-0.2, 0) is 45.2 Å². The number of likely N-dealkylation sites (N-methyl/N-ethyl adjacent to an activating group) is 1. The highest BCUT2D eigenvalue weighted by molar-refractivity contribution is 7.54. The van der Waals surface area contributed by atoms with Crippen LogP contribution in [0.4, 0.5) is 5.69 Å². The van der Waals surface area contributed by atoms with Crippen molar-refractivity contribution in [2.24, 2.45) is 11.3 Å². The fourth-order valence-electron chi connectivity index (χ4n) is 14.3. The van der Waals surface area contributed by atoms with Gasteiger partial charge in [-0.25, -0.2) is 0 Å². The second-order valence-electron chi connectivity index (χ2n) is 20.0. The molecule has 2 saturated heterocycles. The van der Waals surface area contributed by atoms with Gasteiger partial charge in [0.2, 0.25) is 0 Å². The maximum absolute atomic E-state index is 15.5. The minimum Gasteiger partial charge on any atom is -0.496 e. The number of para-hydroxylation sites is 1. The molecule has 1 amide bonds. The Morgan fingerprint density at radius 3 is 2.45 bits per heavy atom. The number of aliphatic hydroxyl groups is 3. The van der Waals surface area contributed by atoms with Crippen LogP contribution in [0.2, 0.25) is 0 Å². The van der Waals surface area contributed by atoms with Crippen LogP contribution in [0.25, 0.3) is 10.9 Å². The van der Waals surface area contributed by atoms with E-state index >= 15 is 9.59 Å². The molecule has 1 aliphatic carbocycles. The highest BCUT2D eigenvalue weighted by Crippen LogP contribution is 2.68. The summed E-state index contributed by atoms with van der Waals surface area (Å²) in [5.74, 6) is -2.29. The summed E-state index contributed by atoms with van der Waals surface area (Å²) in [6.07, 6.45) is 6.77. The van der Waals surface area contributed by atoms with Crippen molar-refractivity contribution in [3.63, 3.8) is 0 Å². The third-order valence-corrected chi connectivity index (χ3v) is 19.2. The van der Waals surface area contributed by atoms with Crippen molar-refractivity contribution < 1.29 is 48.0 Å². The first-order valence-corrected chi connectivity index (χ1v) is 25.9. The Bertz CT molecular complexity index is 2510. The van der Waals surface area contributed by atoms with Crippen molar-refractivity contribution in [1.29, 1.82) is 0 Å². The lowest BCUT2D eigenvalue weighted by atomic mass is 9.47. The summed E-state index contributed by atoms with van der Waals surface area (Å²) in [6, 6.07) is 10.7. The molecule has 2 bridgehead atoms. The Hall–Kier alpha value is -4.05. The summed E-state index contributed by atoms with van der Waals surface area (Å²) in [4.78, 5) is 41.3. The Morgan fingerprint density at radius 2 is 1.78 bits per heavy atom. The van der Waals surface area contributed by atoms with Crippen LogP contribution in [0.15, 0.2) is 61.2 Å². The van der Waals surface area contributed by atoms with Gasteiger partial charge in [-0.15, -0.1) is 6.58 Å². The number of hydrogen-bond donors (Lipinski definition) is 5. The number of benzene rings is 2. The number of aromatic amines is 1. The number of aliphatic hydroxyl groups excluding tert-OH is 1. The second-order valence-corrected chi connectivity index (χ2v) is 22.2. The molecule has 1 spiro atoms. The molecule has 0 radical (unpaired) electrons. The van der Waals surface area contributed by atoms with Crippen molar-refractivity contribution in [1.82, 2.24) is 20.1 Å². The number of methoxy groups -OCH3 is 2. The van der Waals surface area contributed by atoms with Crippen molar-refractivity contribution in [3.05, 3.63) is 83.6 Å². The fourth-order valence-corrected chi connectivity index (χ4v) is 16.1. The van der Waals surface area contributed by atoms with Gasteiger partial charge in [0.15, 0.2) is 5.60 Å². The van der Waals surface area contributed by atoms with Gasteiger partial charge in [0, 0.05) is 84.0 Å². The molecule has 5 N–H and O–H groups in total. The zero-order valence-corrected chi connectivity index (χ0v) is 41.1. The number of amides is 1. The highest BCUT2D eigenvalue weighted by atomic mass is 31.2. The van der Waals surface area contributed by atoms with Crippen LogP contribution in [-0.4, -0.2) is 144 Å². The second kappa shape index (κ2) is 17.4. The lowest BCUT2D eigenvalue weighted by molar-refractivity contribution is -0.203. The van der Waals surface area contributed by atoms with Gasteiger partial charge in [0.25, 0.3) is 5.91 Å². The molecule has 1 aromatic heterocycles. The molecule has 67 heavy (non-hydrogen) atoms. The summed E-state index contributed by atoms with van der Waals surface area (Å²) in [5.41, 5.74) is -2.38. The number of carbonyl (C=O) groups excluding carboxylic acids is 2. The van der Waals surface area contributed by atoms with Gasteiger partial charge in [-0.2, -0.15) is 0 Å². The minimum atomic E-state index is -4.00. The van der Waals surface area contributed by atoms with Crippen LogP contribution in [0.1, 0.15) is 88.6 Å². The molecule has 16 heteroatoms. The highest BCUT2D eigenvalue weighted by Gasteiger charge is 2.79. The first-order chi connectivity index (χ1) is 32.1. The quantitative estimate of drug-likeness (QED) is 0.0773. The van der Waals surface area contributed by atoms with Crippen LogP contribution in [0, 0.1) is 11.3 Å². The summed E-state index contributed by atoms with van der Waals surface area (Å²) in [5, 5.41) is 42.7. The molecule has 6 heterocycles. The summed E-state index contributed by atoms with van der Waals surface area (Å²) in [7, 11) is 0.843. The summed E-state index contributed by atoms with van der Waals surface area (Å²) in [6.45, 7) is 14.5. The van der Waals surface area contributed by atoms with Gasteiger partial charge in [-0.1, -0.05) is 50.3 Å². The molecule has 3 unspecified atom stereocenters. The number of nitrogens with zero attached hydrogens (tertiary/aromatic N) is 3. The largest absolute Gasteiger partial charge is 0.496 e. The number of rotatable bonds is 14. The maximum Gasteiger partial charge on any atom is 0.353 e.